The Morgan fingerprint density at radius 1 is 1.44 bits per heavy atom. The summed E-state index contributed by atoms with van der Waals surface area (Å²) in [5.41, 5.74) is 1.26. The largest absolute Gasteiger partial charge is 0.393 e. The summed E-state index contributed by atoms with van der Waals surface area (Å²) in [4.78, 5) is 2.49. The Bertz CT molecular complexity index is 381. The van der Waals surface area contributed by atoms with Gasteiger partial charge in [0.15, 0.2) is 0 Å². The van der Waals surface area contributed by atoms with Gasteiger partial charge >= 0.3 is 0 Å². The first-order valence-electron chi connectivity index (χ1n) is 6.81. The summed E-state index contributed by atoms with van der Waals surface area (Å²) in [6.45, 7) is 3.95. The number of aliphatic hydroxyl groups is 1. The molecule has 1 saturated heterocycles. The number of hydrogen-bond acceptors (Lipinski definition) is 2. The quantitative estimate of drug-likeness (QED) is 0.903. The van der Waals surface area contributed by atoms with Crippen molar-refractivity contribution in [3.8, 4) is 0 Å². The lowest BCUT2D eigenvalue weighted by Crippen LogP contribution is -2.40. The lowest BCUT2D eigenvalue weighted by molar-refractivity contribution is 0.0818. The number of rotatable bonds is 4. The van der Waals surface area contributed by atoms with Gasteiger partial charge in [0.05, 0.1) is 6.10 Å². The van der Waals surface area contributed by atoms with Crippen LogP contribution in [0.1, 0.15) is 38.2 Å². The minimum absolute atomic E-state index is 0.213. The highest BCUT2D eigenvalue weighted by molar-refractivity contribution is 6.30. The molecule has 1 heterocycles. The summed E-state index contributed by atoms with van der Waals surface area (Å²) in [5, 5.41) is 10.4. The smallest absolute Gasteiger partial charge is 0.0527 e. The van der Waals surface area contributed by atoms with E-state index in [9.17, 15) is 5.11 Å². The maximum atomic E-state index is 9.58. The molecule has 0 radical (unpaired) electrons. The normalized spacial score (nSPS) is 22.9. The molecule has 0 spiro atoms. The molecule has 0 aromatic heterocycles. The molecule has 1 aromatic carbocycles. The van der Waals surface area contributed by atoms with Crippen LogP contribution in [0.2, 0.25) is 5.02 Å². The molecule has 1 aromatic rings. The molecule has 2 rings (SSSR count). The van der Waals surface area contributed by atoms with Crippen molar-refractivity contribution in [2.75, 3.05) is 6.54 Å². The first-order valence-corrected chi connectivity index (χ1v) is 7.19. The van der Waals surface area contributed by atoms with Gasteiger partial charge in [0.2, 0.25) is 0 Å². The van der Waals surface area contributed by atoms with Gasteiger partial charge in [-0.3, -0.25) is 4.90 Å². The average Bonchev–Trinajstić information content (AvgIpc) is 2.31. The monoisotopic (exact) mass is 267 g/mol. The Hall–Kier alpha value is -0.570. The van der Waals surface area contributed by atoms with Crippen LogP contribution < -0.4 is 0 Å². The Morgan fingerprint density at radius 3 is 3.00 bits per heavy atom. The van der Waals surface area contributed by atoms with Crippen molar-refractivity contribution in [3.63, 3.8) is 0 Å². The molecule has 1 N–H and O–H groups in total. The number of aliphatic hydroxyl groups excluding tert-OH is 1. The highest BCUT2D eigenvalue weighted by Gasteiger charge is 2.23. The van der Waals surface area contributed by atoms with Gasteiger partial charge in [-0.25, -0.2) is 0 Å². The molecular weight excluding hydrogens is 246 g/mol. The molecule has 1 fully saturated rings. The van der Waals surface area contributed by atoms with E-state index in [1.165, 1.54) is 24.8 Å². The van der Waals surface area contributed by atoms with Crippen LogP contribution in [0.3, 0.4) is 0 Å². The molecule has 0 bridgehead atoms. The van der Waals surface area contributed by atoms with Crippen LogP contribution in [0.25, 0.3) is 0 Å². The van der Waals surface area contributed by atoms with Gasteiger partial charge in [-0.2, -0.15) is 0 Å². The van der Waals surface area contributed by atoms with Crippen molar-refractivity contribution < 1.29 is 5.11 Å². The Morgan fingerprint density at radius 2 is 2.28 bits per heavy atom. The van der Waals surface area contributed by atoms with E-state index in [0.717, 1.165) is 24.5 Å². The summed E-state index contributed by atoms with van der Waals surface area (Å²) in [7, 11) is 0. The van der Waals surface area contributed by atoms with Crippen LogP contribution in [0, 0.1) is 0 Å². The summed E-state index contributed by atoms with van der Waals surface area (Å²) >= 11 is 6.02. The third-order valence-corrected chi connectivity index (χ3v) is 3.87. The summed E-state index contributed by atoms with van der Waals surface area (Å²) in [6, 6.07) is 8.59. The molecule has 1 aliphatic heterocycles. The van der Waals surface area contributed by atoms with Crippen LogP contribution in [0.4, 0.5) is 0 Å². The van der Waals surface area contributed by atoms with Gasteiger partial charge in [0.25, 0.3) is 0 Å². The topological polar surface area (TPSA) is 23.5 Å². The fraction of sp³-hybridized carbons (Fsp3) is 0.600. The zero-order valence-electron chi connectivity index (χ0n) is 11.0. The summed E-state index contributed by atoms with van der Waals surface area (Å²) < 4.78 is 0. The maximum Gasteiger partial charge on any atom is 0.0527 e. The molecule has 0 amide bonds. The Kier molecular flexibility index (Phi) is 5.04. The molecule has 100 valence electrons. The second-order valence-corrected chi connectivity index (χ2v) is 5.77. The predicted octanol–water partition coefficient (Wildman–Crippen LogP) is 3.47. The molecular formula is C15H22ClNO. The molecule has 2 atom stereocenters. The maximum absolute atomic E-state index is 9.58. The number of likely N-dealkylation sites (tertiary alicyclic amines) is 1. The minimum Gasteiger partial charge on any atom is -0.393 e. The van der Waals surface area contributed by atoms with Crippen LogP contribution >= 0.6 is 11.6 Å². The van der Waals surface area contributed by atoms with E-state index in [4.69, 9.17) is 11.6 Å². The van der Waals surface area contributed by atoms with Gasteiger partial charge in [-0.1, -0.05) is 30.2 Å². The lowest BCUT2D eigenvalue weighted by atomic mass is 9.96. The number of piperidine rings is 1. The number of nitrogens with zero attached hydrogens (tertiary/aromatic N) is 1. The Labute approximate surface area is 115 Å². The minimum atomic E-state index is -0.213. The molecule has 1 aliphatic rings. The van der Waals surface area contributed by atoms with E-state index in [1.54, 1.807) is 0 Å². The van der Waals surface area contributed by atoms with Gasteiger partial charge < -0.3 is 5.11 Å². The number of halogens is 1. The first kappa shape index (κ1) is 13.9. The van der Waals surface area contributed by atoms with Crippen LogP contribution in [-0.4, -0.2) is 28.7 Å². The van der Waals surface area contributed by atoms with Gasteiger partial charge in [0.1, 0.15) is 0 Å². The molecule has 3 heteroatoms. The second-order valence-electron chi connectivity index (χ2n) is 5.33. The van der Waals surface area contributed by atoms with Gasteiger partial charge in [0, 0.05) is 17.6 Å². The molecule has 2 unspecified atom stereocenters. The van der Waals surface area contributed by atoms with E-state index in [2.05, 4.69) is 11.0 Å². The van der Waals surface area contributed by atoms with E-state index in [0.29, 0.717) is 6.04 Å². The second kappa shape index (κ2) is 6.55. The highest BCUT2D eigenvalue weighted by Crippen LogP contribution is 2.23. The molecule has 2 nitrogen and oxygen atoms in total. The van der Waals surface area contributed by atoms with E-state index >= 15 is 0 Å². The number of hydrogen-bond donors (Lipinski definition) is 1. The van der Waals surface area contributed by atoms with Crippen molar-refractivity contribution in [1.29, 1.82) is 0 Å². The first-order chi connectivity index (χ1) is 8.65. The zero-order valence-corrected chi connectivity index (χ0v) is 11.7. The average molecular weight is 268 g/mol. The predicted molar refractivity (Wildman–Crippen MR) is 75.8 cm³/mol. The van der Waals surface area contributed by atoms with Crippen LogP contribution in [0.15, 0.2) is 24.3 Å². The SMILES string of the molecule is CC(O)CC1CCCCN1Cc1cccc(Cl)c1. The van der Waals surface area contributed by atoms with Crippen LogP contribution in [-0.2, 0) is 6.54 Å². The van der Waals surface area contributed by atoms with Crippen molar-refractivity contribution in [2.45, 2.75) is 51.3 Å². The zero-order chi connectivity index (χ0) is 13.0. The standard InChI is InChI=1S/C15H22ClNO/c1-12(18)9-15-7-2-3-8-17(15)11-13-5-4-6-14(16)10-13/h4-6,10,12,15,18H,2-3,7-9,11H2,1H3. The Balaban J connectivity index is 2.00. The van der Waals surface area contributed by atoms with E-state index in [-0.39, 0.29) is 6.10 Å². The fourth-order valence-electron chi connectivity index (χ4n) is 2.80. The third kappa shape index (κ3) is 3.98. The highest BCUT2D eigenvalue weighted by atomic mass is 35.5. The van der Waals surface area contributed by atoms with Gasteiger partial charge in [-0.05, 0) is 50.4 Å². The van der Waals surface area contributed by atoms with E-state index < -0.39 is 0 Å². The van der Waals surface area contributed by atoms with Crippen LogP contribution in [0.5, 0.6) is 0 Å². The third-order valence-electron chi connectivity index (χ3n) is 3.64. The molecule has 0 saturated carbocycles. The van der Waals surface area contributed by atoms with Crippen molar-refractivity contribution in [1.82, 2.24) is 4.90 Å². The van der Waals surface area contributed by atoms with Crippen molar-refractivity contribution >= 4 is 11.6 Å². The summed E-state index contributed by atoms with van der Waals surface area (Å²) in [5.74, 6) is 0. The summed E-state index contributed by atoms with van der Waals surface area (Å²) in [6.07, 6.45) is 4.40. The van der Waals surface area contributed by atoms with Crippen molar-refractivity contribution in [2.24, 2.45) is 0 Å². The fourth-order valence-corrected chi connectivity index (χ4v) is 3.01. The van der Waals surface area contributed by atoms with E-state index in [1.807, 2.05) is 25.1 Å². The van der Waals surface area contributed by atoms with Crippen molar-refractivity contribution in [3.05, 3.63) is 34.9 Å². The number of benzene rings is 1. The molecule has 0 aliphatic carbocycles. The lowest BCUT2D eigenvalue weighted by Gasteiger charge is -2.36. The molecule has 18 heavy (non-hydrogen) atoms. The van der Waals surface area contributed by atoms with Gasteiger partial charge in [-0.15, -0.1) is 0 Å².